The Balaban J connectivity index is 2.37. The first kappa shape index (κ1) is 14.7. The average Bonchev–Trinajstić information content (AvgIpc) is 2.35. The smallest absolute Gasteiger partial charge is 0.220 e. The zero-order valence-corrected chi connectivity index (χ0v) is 11.3. The third-order valence-electron chi connectivity index (χ3n) is 2.72. The van der Waals surface area contributed by atoms with E-state index in [-0.39, 0.29) is 12.5 Å². The lowest BCUT2D eigenvalue weighted by Gasteiger charge is -2.07. The van der Waals surface area contributed by atoms with Crippen molar-refractivity contribution in [3.63, 3.8) is 0 Å². The molecule has 3 heteroatoms. The number of hydrogen-bond donors (Lipinski definition) is 2. The van der Waals surface area contributed by atoms with E-state index in [2.05, 4.69) is 43.4 Å². The number of aliphatic hydroxyl groups is 1. The lowest BCUT2D eigenvalue weighted by Crippen LogP contribution is -2.22. The Kier molecular flexibility index (Phi) is 6.44. The van der Waals surface area contributed by atoms with Crippen LogP contribution in [0.15, 0.2) is 24.3 Å². The first-order valence-electron chi connectivity index (χ1n) is 6.57. The van der Waals surface area contributed by atoms with Crippen LogP contribution >= 0.6 is 0 Å². The maximum Gasteiger partial charge on any atom is 0.220 e. The van der Waals surface area contributed by atoms with Gasteiger partial charge in [0, 0.05) is 19.6 Å². The Bertz CT molecular complexity index is 357. The average molecular weight is 249 g/mol. The van der Waals surface area contributed by atoms with Crippen LogP contribution in [-0.4, -0.2) is 17.6 Å². The Labute approximate surface area is 109 Å². The van der Waals surface area contributed by atoms with Gasteiger partial charge in [0.25, 0.3) is 0 Å². The third kappa shape index (κ3) is 5.82. The molecule has 0 saturated heterocycles. The van der Waals surface area contributed by atoms with Gasteiger partial charge in [-0.15, -0.1) is 0 Å². The highest BCUT2D eigenvalue weighted by Crippen LogP contribution is 2.09. The summed E-state index contributed by atoms with van der Waals surface area (Å²) in [6.07, 6.45) is 2.00. The van der Waals surface area contributed by atoms with Crippen molar-refractivity contribution in [2.24, 2.45) is 5.92 Å². The van der Waals surface area contributed by atoms with Gasteiger partial charge in [0.1, 0.15) is 0 Å². The Morgan fingerprint density at radius 2 is 1.83 bits per heavy atom. The van der Waals surface area contributed by atoms with Crippen LogP contribution in [-0.2, 0) is 17.8 Å². The third-order valence-corrected chi connectivity index (χ3v) is 2.72. The Hall–Kier alpha value is -1.35. The van der Waals surface area contributed by atoms with Gasteiger partial charge >= 0.3 is 0 Å². The van der Waals surface area contributed by atoms with Gasteiger partial charge in [-0.05, 0) is 29.9 Å². The number of hydrogen-bond acceptors (Lipinski definition) is 2. The molecule has 0 aliphatic rings. The SMILES string of the molecule is CC(C)Cc1ccc(CNC(=O)CCCO)cc1. The summed E-state index contributed by atoms with van der Waals surface area (Å²) in [5.74, 6) is 0.657. The van der Waals surface area contributed by atoms with E-state index in [0.29, 0.717) is 25.3 Å². The maximum atomic E-state index is 11.4. The van der Waals surface area contributed by atoms with Gasteiger partial charge in [-0.2, -0.15) is 0 Å². The molecule has 0 aromatic heterocycles. The minimum absolute atomic E-state index is 0.00435. The van der Waals surface area contributed by atoms with Crippen LogP contribution in [0, 0.1) is 5.92 Å². The molecule has 0 fully saturated rings. The van der Waals surface area contributed by atoms with E-state index in [1.54, 1.807) is 0 Å². The second kappa shape index (κ2) is 7.88. The Morgan fingerprint density at radius 1 is 1.22 bits per heavy atom. The zero-order chi connectivity index (χ0) is 13.4. The predicted molar refractivity (Wildman–Crippen MR) is 73.2 cm³/mol. The number of rotatable bonds is 7. The van der Waals surface area contributed by atoms with Gasteiger partial charge in [-0.3, -0.25) is 4.79 Å². The minimum atomic E-state index is -0.00435. The fourth-order valence-electron chi connectivity index (χ4n) is 1.79. The first-order valence-corrected chi connectivity index (χ1v) is 6.57. The van der Waals surface area contributed by atoms with E-state index in [9.17, 15) is 4.79 Å². The van der Waals surface area contributed by atoms with E-state index in [0.717, 1.165) is 12.0 Å². The van der Waals surface area contributed by atoms with Crippen molar-refractivity contribution in [1.82, 2.24) is 5.32 Å². The molecule has 1 rings (SSSR count). The second-order valence-electron chi connectivity index (χ2n) is 5.02. The molecule has 1 amide bonds. The maximum absolute atomic E-state index is 11.4. The summed E-state index contributed by atoms with van der Waals surface area (Å²) in [6.45, 7) is 5.04. The molecule has 0 aliphatic heterocycles. The molecule has 3 nitrogen and oxygen atoms in total. The molecule has 100 valence electrons. The molecule has 0 bridgehead atoms. The van der Waals surface area contributed by atoms with Crippen LogP contribution in [0.25, 0.3) is 0 Å². The molecule has 1 aromatic carbocycles. The monoisotopic (exact) mass is 249 g/mol. The molecular weight excluding hydrogens is 226 g/mol. The summed E-state index contributed by atoms with van der Waals surface area (Å²) in [7, 11) is 0. The van der Waals surface area contributed by atoms with Crippen LogP contribution < -0.4 is 5.32 Å². The molecule has 0 saturated carbocycles. The molecule has 0 radical (unpaired) electrons. The van der Waals surface area contributed by atoms with Crippen molar-refractivity contribution in [2.45, 2.75) is 39.7 Å². The summed E-state index contributed by atoms with van der Waals surface area (Å²) in [5, 5.41) is 11.5. The van der Waals surface area contributed by atoms with Crippen molar-refractivity contribution in [1.29, 1.82) is 0 Å². The molecule has 0 aliphatic carbocycles. The molecule has 0 unspecified atom stereocenters. The zero-order valence-electron chi connectivity index (χ0n) is 11.3. The Morgan fingerprint density at radius 3 is 2.39 bits per heavy atom. The summed E-state index contributed by atoms with van der Waals surface area (Å²) in [6, 6.07) is 8.36. The standard InChI is InChI=1S/C15H23NO2/c1-12(2)10-13-5-7-14(8-6-13)11-16-15(18)4-3-9-17/h5-8,12,17H,3-4,9-11H2,1-2H3,(H,16,18). The molecule has 18 heavy (non-hydrogen) atoms. The fourth-order valence-corrected chi connectivity index (χ4v) is 1.79. The predicted octanol–water partition coefficient (Wildman–Crippen LogP) is 2.27. The van der Waals surface area contributed by atoms with Gasteiger partial charge in [0.05, 0.1) is 0 Å². The van der Waals surface area contributed by atoms with Crippen molar-refractivity contribution < 1.29 is 9.90 Å². The van der Waals surface area contributed by atoms with Crippen LogP contribution in [0.3, 0.4) is 0 Å². The number of carbonyl (C=O) groups excluding carboxylic acids is 1. The van der Waals surface area contributed by atoms with E-state index in [1.165, 1.54) is 5.56 Å². The van der Waals surface area contributed by atoms with Crippen molar-refractivity contribution >= 4 is 5.91 Å². The van der Waals surface area contributed by atoms with Crippen LogP contribution in [0.2, 0.25) is 0 Å². The van der Waals surface area contributed by atoms with Crippen LogP contribution in [0.5, 0.6) is 0 Å². The van der Waals surface area contributed by atoms with Crippen LogP contribution in [0.4, 0.5) is 0 Å². The highest BCUT2D eigenvalue weighted by Gasteiger charge is 2.01. The van der Waals surface area contributed by atoms with Crippen LogP contribution in [0.1, 0.15) is 37.8 Å². The van der Waals surface area contributed by atoms with Crippen molar-refractivity contribution in [2.75, 3.05) is 6.61 Å². The van der Waals surface area contributed by atoms with Gasteiger partial charge in [0.2, 0.25) is 5.91 Å². The highest BCUT2D eigenvalue weighted by molar-refractivity contribution is 5.75. The number of carbonyl (C=O) groups is 1. The lowest BCUT2D eigenvalue weighted by atomic mass is 10.0. The summed E-state index contributed by atoms with van der Waals surface area (Å²) in [5.41, 5.74) is 2.44. The van der Waals surface area contributed by atoms with Gasteiger partial charge in [0.15, 0.2) is 0 Å². The number of benzene rings is 1. The molecular formula is C15H23NO2. The van der Waals surface area contributed by atoms with E-state index < -0.39 is 0 Å². The van der Waals surface area contributed by atoms with E-state index in [4.69, 9.17) is 5.11 Å². The molecule has 0 heterocycles. The summed E-state index contributed by atoms with van der Waals surface area (Å²) in [4.78, 5) is 11.4. The molecule has 2 N–H and O–H groups in total. The number of nitrogens with one attached hydrogen (secondary N) is 1. The molecule has 0 atom stereocenters. The summed E-state index contributed by atoms with van der Waals surface area (Å²) < 4.78 is 0. The largest absolute Gasteiger partial charge is 0.396 e. The lowest BCUT2D eigenvalue weighted by molar-refractivity contribution is -0.121. The van der Waals surface area contributed by atoms with Crippen molar-refractivity contribution in [3.8, 4) is 0 Å². The van der Waals surface area contributed by atoms with E-state index >= 15 is 0 Å². The fraction of sp³-hybridized carbons (Fsp3) is 0.533. The number of aliphatic hydroxyl groups excluding tert-OH is 1. The van der Waals surface area contributed by atoms with Gasteiger partial charge < -0.3 is 10.4 Å². The normalized spacial score (nSPS) is 10.7. The molecule has 1 aromatic rings. The summed E-state index contributed by atoms with van der Waals surface area (Å²) >= 11 is 0. The second-order valence-corrected chi connectivity index (χ2v) is 5.02. The van der Waals surface area contributed by atoms with Gasteiger partial charge in [-0.1, -0.05) is 38.1 Å². The minimum Gasteiger partial charge on any atom is -0.396 e. The number of amides is 1. The van der Waals surface area contributed by atoms with Crippen molar-refractivity contribution in [3.05, 3.63) is 35.4 Å². The molecule has 0 spiro atoms. The topological polar surface area (TPSA) is 49.3 Å². The van der Waals surface area contributed by atoms with E-state index in [1.807, 2.05) is 0 Å². The highest BCUT2D eigenvalue weighted by atomic mass is 16.3. The quantitative estimate of drug-likeness (QED) is 0.779. The first-order chi connectivity index (χ1) is 8.61. The van der Waals surface area contributed by atoms with Gasteiger partial charge in [-0.25, -0.2) is 0 Å².